The van der Waals surface area contributed by atoms with Crippen molar-refractivity contribution in [2.24, 2.45) is 0 Å². The first kappa shape index (κ1) is 24.6. The SMILES string of the molecule is C=CC(C)(CCC=C(C)CCC=C(C)C)OC1OCC(O)C(O)C1OC(C)=O. The van der Waals surface area contributed by atoms with Crippen molar-refractivity contribution in [3.05, 3.63) is 36.0 Å². The van der Waals surface area contributed by atoms with Crippen molar-refractivity contribution < 1.29 is 29.2 Å². The molecule has 1 saturated heterocycles. The van der Waals surface area contributed by atoms with Crippen LogP contribution in [0.4, 0.5) is 0 Å². The second kappa shape index (κ2) is 11.5. The molecule has 0 aromatic carbocycles. The van der Waals surface area contributed by atoms with Crippen molar-refractivity contribution in [2.45, 2.75) is 90.5 Å². The summed E-state index contributed by atoms with van der Waals surface area (Å²) in [5.74, 6) is -0.578. The van der Waals surface area contributed by atoms with Gasteiger partial charge in [-0.1, -0.05) is 29.4 Å². The standard InChI is InChI=1S/C22H36O6/c1-7-22(6,13-9-12-16(4)11-8-10-15(2)3)28-21-20(27-17(5)23)19(25)18(24)14-26-21/h7,10,12,18-21,24-25H,1,8-9,11,13-14H2,2-6H3. The van der Waals surface area contributed by atoms with E-state index in [-0.39, 0.29) is 6.61 Å². The molecule has 1 aliphatic heterocycles. The Morgan fingerprint density at radius 1 is 1.21 bits per heavy atom. The summed E-state index contributed by atoms with van der Waals surface area (Å²) in [6.07, 6.45) is 5.11. The van der Waals surface area contributed by atoms with Gasteiger partial charge in [-0.15, -0.1) is 6.58 Å². The normalized spacial score (nSPS) is 27.6. The van der Waals surface area contributed by atoms with Crippen LogP contribution in [0.25, 0.3) is 0 Å². The Balaban J connectivity index is 2.69. The van der Waals surface area contributed by atoms with Gasteiger partial charge in [0.25, 0.3) is 0 Å². The molecular weight excluding hydrogens is 360 g/mol. The first-order chi connectivity index (χ1) is 13.1. The molecule has 0 aromatic rings. The van der Waals surface area contributed by atoms with Gasteiger partial charge in [-0.05, 0) is 53.4 Å². The molecule has 1 fully saturated rings. The third-order valence-electron chi connectivity index (χ3n) is 4.77. The molecule has 0 aliphatic carbocycles. The Labute approximate surface area is 168 Å². The molecule has 0 spiro atoms. The summed E-state index contributed by atoms with van der Waals surface area (Å²) in [5.41, 5.74) is 1.90. The summed E-state index contributed by atoms with van der Waals surface area (Å²) in [7, 11) is 0. The molecule has 1 heterocycles. The quantitative estimate of drug-likeness (QED) is 0.435. The van der Waals surface area contributed by atoms with Crippen molar-refractivity contribution in [3.8, 4) is 0 Å². The second-order valence-electron chi connectivity index (χ2n) is 7.88. The highest BCUT2D eigenvalue weighted by atomic mass is 16.7. The summed E-state index contributed by atoms with van der Waals surface area (Å²) in [6, 6.07) is 0. The van der Waals surface area contributed by atoms with E-state index in [1.165, 1.54) is 18.1 Å². The molecule has 5 unspecified atom stereocenters. The van der Waals surface area contributed by atoms with Gasteiger partial charge in [-0.3, -0.25) is 4.79 Å². The van der Waals surface area contributed by atoms with Gasteiger partial charge >= 0.3 is 5.97 Å². The number of carbonyl (C=O) groups excluding carboxylic acids is 1. The molecule has 0 saturated carbocycles. The molecular formula is C22H36O6. The van der Waals surface area contributed by atoms with Gasteiger partial charge < -0.3 is 24.4 Å². The lowest BCUT2D eigenvalue weighted by Gasteiger charge is -2.40. The van der Waals surface area contributed by atoms with E-state index < -0.39 is 36.2 Å². The fourth-order valence-electron chi connectivity index (χ4n) is 2.95. The number of carbonyl (C=O) groups is 1. The number of rotatable bonds is 10. The fraction of sp³-hybridized carbons (Fsp3) is 0.682. The van der Waals surface area contributed by atoms with Gasteiger partial charge in [0.05, 0.1) is 12.2 Å². The van der Waals surface area contributed by atoms with Crippen molar-refractivity contribution in [1.29, 1.82) is 0 Å². The highest BCUT2D eigenvalue weighted by Gasteiger charge is 2.44. The highest BCUT2D eigenvalue weighted by molar-refractivity contribution is 5.66. The Kier molecular flexibility index (Phi) is 10.1. The van der Waals surface area contributed by atoms with Crippen molar-refractivity contribution >= 4 is 5.97 Å². The molecule has 6 heteroatoms. The van der Waals surface area contributed by atoms with Gasteiger partial charge in [0.15, 0.2) is 12.4 Å². The molecule has 1 rings (SSSR count). The Morgan fingerprint density at radius 3 is 2.46 bits per heavy atom. The van der Waals surface area contributed by atoms with Crippen molar-refractivity contribution in [1.82, 2.24) is 0 Å². The maximum Gasteiger partial charge on any atom is 0.303 e. The van der Waals surface area contributed by atoms with Crippen LogP contribution in [0.15, 0.2) is 36.0 Å². The summed E-state index contributed by atoms with van der Waals surface area (Å²) in [4.78, 5) is 11.4. The van der Waals surface area contributed by atoms with Crippen LogP contribution < -0.4 is 0 Å². The van der Waals surface area contributed by atoms with Gasteiger partial charge in [-0.2, -0.15) is 0 Å². The second-order valence-corrected chi connectivity index (χ2v) is 7.88. The average Bonchev–Trinajstić information content (AvgIpc) is 2.61. The molecule has 2 N–H and O–H groups in total. The molecule has 5 atom stereocenters. The number of hydrogen-bond donors (Lipinski definition) is 2. The monoisotopic (exact) mass is 396 g/mol. The van der Waals surface area contributed by atoms with Crippen molar-refractivity contribution in [2.75, 3.05) is 6.61 Å². The molecule has 160 valence electrons. The van der Waals surface area contributed by atoms with E-state index in [4.69, 9.17) is 14.2 Å². The van der Waals surface area contributed by atoms with Crippen LogP contribution in [-0.4, -0.2) is 53.0 Å². The minimum atomic E-state index is -1.27. The van der Waals surface area contributed by atoms with E-state index in [9.17, 15) is 15.0 Å². The predicted molar refractivity (Wildman–Crippen MR) is 109 cm³/mol. The number of hydrogen-bond acceptors (Lipinski definition) is 6. The molecule has 0 aromatic heterocycles. The zero-order valence-corrected chi connectivity index (χ0v) is 17.8. The van der Waals surface area contributed by atoms with Crippen molar-refractivity contribution in [3.63, 3.8) is 0 Å². The van der Waals surface area contributed by atoms with Gasteiger partial charge in [-0.25, -0.2) is 0 Å². The van der Waals surface area contributed by atoms with E-state index in [0.717, 1.165) is 19.3 Å². The Hall–Kier alpha value is -1.47. The topological polar surface area (TPSA) is 85.2 Å². The third-order valence-corrected chi connectivity index (χ3v) is 4.77. The molecule has 6 nitrogen and oxygen atoms in total. The molecule has 1 aliphatic rings. The number of aliphatic hydroxyl groups is 2. The fourth-order valence-corrected chi connectivity index (χ4v) is 2.95. The predicted octanol–water partition coefficient (Wildman–Crippen LogP) is 3.43. The zero-order chi connectivity index (χ0) is 21.3. The molecule has 0 bridgehead atoms. The first-order valence-electron chi connectivity index (χ1n) is 9.83. The maximum absolute atomic E-state index is 11.4. The van der Waals surface area contributed by atoms with Crippen LogP contribution in [0, 0.1) is 0 Å². The summed E-state index contributed by atoms with van der Waals surface area (Å²) >= 11 is 0. The number of esters is 1. The van der Waals surface area contributed by atoms with E-state index >= 15 is 0 Å². The van der Waals surface area contributed by atoms with Crippen LogP contribution in [0.3, 0.4) is 0 Å². The Morgan fingerprint density at radius 2 is 1.89 bits per heavy atom. The lowest BCUT2D eigenvalue weighted by atomic mass is 9.97. The summed E-state index contributed by atoms with van der Waals surface area (Å²) in [6.45, 7) is 13.2. The summed E-state index contributed by atoms with van der Waals surface area (Å²) in [5, 5.41) is 20.0. The number of aliphatic hydroxyl groups excluding tert-OH is 2. The van der Waals surface area contributed by atoms with Crippen LogP contribution in [0.2, 0.25) is 0 Å². The van der Waals surface area contributed by atoms with Crippen LogP contribution >= 0.6 is 0 Å². The van der Waals surface area contributed by atoms with Crippen LogP contribution in [-0.2, 0) is 19.0 Å². The zero-order valence-electron chi connectivity index (χ0n) is 17.8. The number of ether oxygens (including phenoxy) is 3. The smallest absolute Gasteiger partial charge is 0.303 e. The van der Waals surface area contributed by atoms with Gasteiger partial charge in [0, 0.05) is 6.92 Å². The van der Waals surface area contributed by atoms with Gasteiger partial charge in [0.1, 0.15) is 12.2 Å². The van der Waals surface area contributed by atoms with E-state index in [0.29, 0.717) is 6.42 Å². The number of allylic oxidation sites excluding steroid dienone is 4. The largest absolute Gasteiger partial charge is 0.454 e. The molecule has 0 radical (unpaired) electrons. The lowest BCUT2D eigenvalue weighted by Crippen LogP contribution is -2.57. The average molecular weight is 397 g/mol. The molecule has 0 amide bonds. The van der Waals surface area contributed by atoms with E-state index in [1.54, 1.807) is 6.08 Å². The minimum absolute atomic E-state index is 0.0970. The third kappa shape index (κ3) is 8.27. The first-order valence-corrected chi connectivity index (χ1v) is 9.83. The van der Waals surface area contributed by atoms with Crippen LogP contribution in [0.5, 0.6) is 0 Å². The highest BCUT2D eigenvalue weighted by Crippen LogP contribution is 2.28. The Bertz CT molecular complexity index is 578. The minimum Gasteiger partial charge on any atom is -0.454 e. The van der Waals surface area contributed by atoms with E-state index in [1.807, 2.05) is 6.92 Å². The lowest BCUT2D eigenvalue weighted by molar-refractivity contribution is -0.296. The summed E-state index contributed by atoms with van der Waals surface area (Å²) < 4.78 is 16.7. The van der Waals surface area contributed by atoms with Crippen LogP contribution in [0.1, 0.15) is 60.3 Å². The van der Waals surface area contributed by atoms with E-state index in [2.05, 4.69) is 39.5 Å². The maximum atomic E-state index is 11.4. The van der Waals surface area contributed by atoms with Gasteiger partial charge in [0.2, 0.25) is 0 Å². The molecule has 28 heavy (non-hydrogen) atoms.